The van der Waals surface area contributed by atoms with E-state index < -0.39 is 52.4 Å². The van der Waals surface area contributed by atoms with Crippen molar-refractivity contribution >= 4 is 5.97 Å². The maximum atomic E-state index is 13.1. The third kappa shape index (κ3) is 1.38. The number of ether oxygens (including phenoxy) is 2. The van der Waals surface area contributed by atoms with Gasteiger partial charge in [0.15, 0.2) is 0 Å². The molecule has 0 radical (unpaired) electrons. The fourth-order valence-electron chi connectivity index (χ4n) is 6.53. The summed E-state index contributed by atoms with van der Waals surface area (Å²) >= 11 is 0. The highest BCUT2D eigenvalue weighted by Crippen LogP contribution is 2.72. The van der Waals surface area contributed by atoms with Gasteiger partial charge in [-0.1, -0.05) is 19.9 Å². The molecule has 0 aromatic carbocycles. The van der Waals surface area contributed by atoms with Gasteiger partial charge in [0.2, 0.25) is 0 Å². The van der Waals surface area contributed by atoms with Crippen molar-refractivity contribution in [3.05, 3.63) is 11.6 Å². The van der Waals surface area contributed by atoms with E-state index in [1.807, 2.05) is 13.0 Å². The summed E-state index contributed by atoms with van der Waals surface area (Å²) in [4.78, 5) is 13.1. The molecule has 0 aromatic rings. The van der Waals surface area contributed by atoms with Crippen molar-refractivity contribution in [2.45, 2.75) is 75.5 Å². The number of aliphatic hydroxyl groups is 3. The van der Waals surface area contributed by atoms with Gasteiger partial charge in [0.25, 0.3) is 0 Å². The van der Waals surface area contributed by atoms with E-state index in [0.29, 0.717) is 12.0 Å². The van der Waals surface area contributed by atoms with Crippen molar-refractivity contribution in [3.63, 3.8) is 0 Å². The molecule has 0 aromatic heterocycles. The molecular formula is C19H26O6. The first-order valence-electron chi connectivity index (χ1n) is 9.26. The van der Waals surface area contributed by atoms with Crippen molar-refractivity contribution in [1.82, 2.24) is 0 Å². The lowest BCUT2D eigenvalue weighted by Crippen LogP contribution is -2.68. The van der Waals surface area contributed by atoms with Crippen LogP contribution in [0.1, 0.15) is 46.5 Å². The Hall–Kier alpha value is -0.950. The number of carbonyl (C=O) groups is 1. The Balaban J connectivity index is 1.86. The number of rotatable bonds is 1. The number of hydrogen-bond acceptors (Lipinski definition) is 6. The second-order valence-corrected chi connectivity index (χ2v) is 9.34. The molecule has 0 amide bonds. The zero-order valence-corrected chi connectivity index (χ0v) is 14.9. The lowest BCUT2D eigenvalue weighted by Gasteiger charge is -2.59. The summed E-state index contributed by atoms with van der Waals surface area (Å²) in [6.07, 6.45) is 2.57. The molecule has 6 nitrogen and oxygen atoms in total. The Morgan fingerprint density at radius 2 is 1.96 bits per heavy atom. The third-order valence-electron chi connectivity index (χ3n) is 8.48. The Kier molecular flexibility index (Phi) is 2.69. The summed E-state index contributed by atoms with van der Waals surface area (Å²) in [7, 11) is 0. The van der Waals surface area contributed by atoms with E-state index in [0.717, 1.165) is 6.42 Å². The van der Waals surface area contributed by atoms with Gasteiger partial charge in [-0.25, -0.2) is 0 Å². The van der Waals surface area contributed by atoms with Gasteiger partial charge >= 0.3 is 5.97 Å². The molecule has 2 aliphatic carbocycles. The minimum absolute atomic E-state index is 0.175. The van der Waals surface area contributed by atoms with Crippen LogP contribution in [0.3, 0.4) is 0 Å². The zero-order chi connectivity index (χ0) is 18.0. The predicted molar refractivity (Wildman–Crippen MR) is 86.4 cm³/mol. The Bertz CT molecular complexity index is 715. The quantitative estimate of drug-likeness (QED) is 0.475. The van der Waals surface area contributed by atoms with Crippen molar-refractivity contribution in [3.8, 4) is 0 Å². The highest BCUT2D eigenvalue weighted by Gasteiger charge is 2.82. The number of esters is 1. The van der Waals surface area contributed by atoms with Gasteiger partial charge in [0, 0.05) is 11.8 Å². The Morgan fingerprint density at radius 1 is 1.24 bits per heavy atom. The first-order chi connectivity index (χ1) is 11.6. The molecule has 3 saturated heterocycles. The number of aliphatic hydroxyl groups excluding tert-OH is 1. The van der Waals surface area contributed by atoms with Crippen molar-refractivity contribution in [2.24, 2.45) is 16.7 Å². The van der Waals surface area contributed by atoms with Crippen LogP contribution in [0.25, 0.3) is 0 Å². The van der Waals surface area contributed by atoms with Crippen molar-refractivity contribution in [2.75, 3.05) is 6.61 Å². The van der Waals surface area contributed by atoms with Gasteiger partial charge in [-0.05, 0) is 37.7 Å². The van der Waals surface area contributed by atoms with Gasteiger partial charge in [0.1, 0.15) is 28.3 Å². The highest BCUT2D eigenvalue weighted by atomic mass is 16.6. The topological polar surface area (TPSA) is 96.2 Å². The molecule has 1 saturated carbocycles. The third-order valence-corrected chi connectivity index (χ3v) is 8.48. The van der Waals surface area contributed by atoms with Gasteiger partial charge in [-0.3, -0.25) is 4.79 Å². The van der Waals surface area contributed by atoms with Crippen LogP contribution < -0.4 is 0 Å². The summed E-state index contributed by atoms with van der Waals surface area (Å²) in [5.41, 5.74) is -4.89. The molecule has 3 aliphatic heterocycles. The van der Waals surface area contributed by atoms with E-state index in [-0.39, 0.29) is 18.8 Å². The summed E-state index contributed by atoms with van der Waals surface area (Å²) in [6, 6.07) is 0. The van der Waals surface area contributed by atoms with Crippen LogP contribution in [0.15, 0.2) is 11.6 Å². The van der Waals surface area contributed by atoms with E-state index in [2.05, 4.69) is 6.92 Å². The van der Waals surface area contributed by atoms with Crippen LogP contribution in [0, 0.1) is 16.7 Å². The van der Waals surface area contributed by atoms with Crippen LogP contribution >= 0.6 is 0 Å². The van der Waals surface area contributed by atoms with E-state index >= 15 is 0 Å². The lowest BCUT2D eigenvalue weighted by atomic mass is 9.46. The minimum atomic E-state index is -1.27. The molecule has 25 heavy (non-hydrogen) atoms. The molecule has 3 bridgehead atoms. The van der Waals surface area contributed by atoms with Crippen LogP contribution in [0.2, 0.25) is 0 Å². The molecule has 5 rings (SSSR count). The van der Waals surface area contributed by atoms with Crippen LogP contribution in [0.5, 0.6) is 0 Å². The van der Waals surface area contributed by atoms with E-state index in [1.165, 1.54) is 0 Å². The molecule has 4 fully saturated rings. The molecule has 0 unspecified atom stereocenters. The highest BCUT2D eigenvalue weighted by molar-refractivity contribution is 5.83. The molecular weight excluding hydrogens is 324 g/mol. The average molecular weight is 350 g/mol. The van der Waals surface area contributed by atoms with Gasteiger partial charge < -0.3 is 24.8 Å². The van der Waals surface area contributed by atoms with Crippen molar-refractivity contribution in [1.29, 1.82) is 0 Å². The molecule has 8 atom stereocenters. The molecule has 3 N–H and O–H groups in total. The second kappa shape index (κ2) is 4.14. The average Bonchev–Trinajstić information content (AvgIpc) is 2.95. The van der Waals surface area contributed by atoms with E-state index in [4.69, 9.17) is 9.47 Å². The Labute approximate surface area is 146 Å². The molecule has 1 spiro atoms. The summed E-state index contributed by atoms with van der Waals surface area (Å²) in [6.45, 7) is 5.39. The van der Waals surface area contributed by atoms with E-state index in [9.17, 15) is 20.1 Å². The minimum Gasteiger partial charge on any atom is -0.459 e. The standard InChI is InChI=1S/C19H26O6/c1-10-4-5-12-18(23)8-19-11(6-15(10,18)2)16(3,22)13(25-19)7-17(19,9-20)14(21)24-12/h6,10,12-13,20,22-23H,4-5,7-9H2,1-3H3/t10-,12-,13+,15+,16-,17+,18+,19+/m0/s1. The normalized spacial score (nSPS) is 61.6. The summed E-state index contributed by atoms with van der Waals surface area (Å²) in [5, 5.41) is 33.2. The van der Waals surface area contributed by atoms with Crippen LogP contribution in [0.4, 0.5) is 0 Å². The summed E-state index contributed by atoms with van der Waals surface area (Å²) < 4.78 is 12.0. The fourth-order valence-corrected chi connectivity index (χ4v) is 6.53. The van der Waals surface area contributed by atoms with Crippen LogP contribution in [-0.2, 0) is 14.3 Å². The van der Waals surface area contributed by atoms with Gasteiger partial charge in [-0.2, -0.15) is 0 Å². The molecule has 6 heteroatoms. The molecule has 138 valence electrons. The number of fused-ring (bicyclic) bond motifs is 1. The SMILES string of the molecule is C[C@H]1CC[C@@H]2OC(=O)[C@]3(CO)C[C@H]4O[C@@]35C[C@]2(O)[C@]1(C)C=C5[C@]4(C)O. The van der Waals surface area contributed by atoms with Crippen LogP contribution in [-0.4, -0.2) is 56.9 Å². The number of hydrogen-bond donors (Lipinski definition) is 3. The maximum absolute atomic E-state index is 13.1. The smallest absolute Gasteiger partial charge is 0.318 e. The summed E-state index contributed by atoms with van der Waals surface area (Å²) in [5.74, 6) is -0.326. The van der Waals surface area contributed by atoms with Crippen molar-refractivity contribution < 1.29 is 29.6 Å². The molecule has 5 aliphatic rings. The zero-order valence-electron chi connectivity index (χ0n) is 14.9. The maximum Gasteiger partial charge on any atom is 0.318 e. The number of carbonyl (C=O) groups excluding carboxylic acids is 1. The Morgan fingerprint density at radius 3 is 2.64 bits per heavy atom. The van der Waals surface area contributed by atoms with E-state index in [1.54, 1.807) is 6.92 Å². The first-order valence-corrected chi connectivity index (χ1v) is 9.26. The first kappa shape index (κ1) is 16.2. The molecule has 3 heterocycles. The van der Waals surface area contributed by atoms with Gasteiger partial charge in [0.05, 0.1) is 12.7 Å². The van der Waals surface area contributed by atoms with Gasteiger partial charge in [-0.15, -0.1) is 0 Å². The fraction of sp³-hybridized carbons (Fsp3) is 0.842. The monoisotopic (exact) mass is 350 g/mol. The lowest BCUT2D eigenvalue weighted by molar-refractivity contribution is -0.210. The largest absolute Gasteiger partial charge is 0.459 e. The second-order valence-electron chi connectivity index (χ2n) is 9.34. The predicted octanol–water partition coefficient (Wildman–Crippen LogP) is 0.680.